The molecule has 134 valence electrons. The number of halogens is 1. The van der Waals surface area contributed by atoms with Crippen molar-refractivity contribution in [1.29, 1.82) is 0 Å². The molecular weight excluding hydrogens is 366 g/mol. The van der Waals surface area contributed by atoms with Crippen LogP contribution in [0.1, 0.15) is 54.4 Å². The van der Waals surface area contributed by atoms with Gasteiger partial charge in [-0.3, -0.25) is 9.83 Å². The van der Waals surface area contributed by atoms with Crippen molar-refractivity contribution in [3.63, 3.8) is 0 Å². The molecule has 3 unspecified atom stereocenters. The Morgan fingerprint density at radius 2 is 2.00 bits per heavy atom. The molecule has 5 heteroatoms. The molecule has 0 aromatic rings. The maximum Gasteiger partial charge on any atom is 0.142 e. The van der Waals surface area contributed by atoms with Crippen LogP contribution in [0.2, 0.25) is 0 Å². The second-order valence-electron chi connectivity index (χ2n) is 6.93. The third-order valence-electron chi connectivity index (χ3n) is 5.15. The number of hydrogen-bond acceptors (Lipinski definition) is 4. The zero-order valence-corrected chi connectivity index (χ0v) is 17.2. The van der Waals surface area contributed by atoms with E-state index in [0.717, 1.165) is 23.0 Å². The molecule has 3 atom stereocenters. The van der Waals surface area contributed by atoms with E-state index in [1.165, 1.54) is 11.1 Å². The first-order valence-corrected chi connectivity index (χ1v) is 9.57. The lowest BCUT2D eigenvalue weighted by Gasteiger charge is -2.42. The predicted octanol–water partition coefficient (Wildman–Crippen LogP) is 4.69. The second-order valence-corrected chi connectivity index (χ2v) is 7.72. The summed E-state index contributed by atoms with van der Waals surface area (Å²) in [4.78, 5) is 10.9. The third kappa shape index (κ3) is 3.39. The Kier molecular flexibility index (Phi) is 6.10. The van der Waals surface area contributed by atoms with Crippen LogP contribution in [-0.4, -0.2) is 29.1 Å². The van der Waals surface area contributed by atoms with Gasteiger partial charge in [0, 0.05) is 16.7 Å². The molecule has 0 bridgehead atoms. The van der Waals surface area contributed by atoms with Crippen molar-refractivity contribution >= 4 is 21.6 Å². The van der Waals surface area contributed by atoms with E-state index in [1.807, 2.05) is 17.3 Å². The highest BCUT2D eigenvalue weighted by Gasteiger charge is 2.43. The molecule has 0 aromatic carbocycles. The molecule has 1 aliphatic heterocycles. The first-order valence-electron chi connectivity index (χ1n) is 8.77. The van der Waals surface area contributed by atoms with Crippen molar-refractivity contribution in [2.24, 2.45) is 16.1 Å². The topological polar surface area (TPSA) is 50.9 Å². The molecule has 2 aliphatic rings. The minimum absolute atomic E-state index is 0.0681. The van der Waals surface area contributed by atoms with E-state index in [4.69, 9.17) is 15.6 Å². The molecule has 0 aromatic heterocycles. The Bertz CT molecular complexity index is 604. The van der Waals surface area contributed by atoms with E-state index in [9.17, 15) is 0 Å². The van der Waals surface area contributed by atoms with E-state index in [-0.39, 0.29) is 23.7 Å². The highest BCUT2D eigenvalue weighted by atomic mass is 79.9. The largest absolute Gasteiger partial charge is 0.323 e. The van der Waals surface area contributed by atoms with Gasteiger partial charge in [0.2, 0.25) is 0 Å². The minimum atomic E-state index is -0.352. The molecule has 0 fully saturated rings. The van der Waals surface area contributed by atoms with Gasteiger partial charge < -0.3 is 5.73 Å². The molecule has 4 nitrogen and oxygen atoms in total. The molecule has 0 radical (unpaired) electrons. The van der Waals surface area contributed by atoms with Crippen molar-refractivity contribution in [2.45, 2.75) is 72.7 Å². The van der Waals surface area contributed by atoms with Crippen LogP contribution in [0.25, 0.3) is 0 Å². The van der Waals surface area contributed by atoms with Crippen molar-refractivity contribution in [1.82, 2.24) is 5.06 Å². The van der Waals surface area contributed by atoms with E-state index < -0.39 is 0 Å². The molecule has 24 heavy (non-hydrogen) atoms. The number of aliphatic imine (C=N–C) groups is 1. The van der Waals surface area contributed by atoms with Gasteiger partial charge in [0.15, 0.2) is 0 Å². The molecule has 0 amide bonds. The Balaban J connectivity index is 2.28. The van der Waals surface area contributed by atoms with Crippen LogP contribution in [0.5, 0.6) is 0 Å². The molecule has 2 N–H and O–H groups in total. The fraction of sp³-hybridized carbons (Fsp3) is 0.632. The van der Waals surface area contributed by atoms with E-state index >= 15 is 0 Å². The Labute approximate surface area is 154 Å². The van der Waals surface area contributed by atoms with Crippen molar-refractivity contribution in [2.75, 3.05) is 0 Å². The van der Waals surface area contributed by atoms with Crippen LogP contribution in [0.4, 0.5) is 0 Å². The first kappa shape index (κ1) is 19.4. The first-order chi connectivity index (χ1) is 11.2. The molecule has 0 saturated heterocycles. The lowest BCUT2D eigenvalue weighted by atomic mass is 9.70. The zero-order valence-electron chi connectivity index (χ0n) is 15.6. The summed E-state index contributed by atoms with van der Waals surface area (Å²) in [5.41, 5.74) is 9.57. The number of nitrogens with zero attached hydrogens (tertiary/aromatic N) is 2. The monoisotopic (exact) mass is 395 g/mol. The average Bonchev–Trinajstić information content (AvgIpc) is 2.57. The maximum absolute atomic E-state index is 6.55. The molecular formula is C19H30BrN3O. The Morgan fingerprint density at radius 1 is 1.38 bits per heavy atom. The van der Waals surface area contributed by atoms with E-state index in [1.54, 1.807) is 0 Å². The maximum atomic E-state index is 6.55. The summed E-state index contributed by atoms with van der Waals surface area (Å²) in [5.74, 6) is 0. The lowest BCUT2D eigenvalue weighted by Crippen LogP contribution is -2.49. The molecule has 0 spiro atoms. The van der Waals surface area contributed by atoms with Crippen LogP contribution < -0.4 is 5.73 Å². The summed E-state index contributed by atoms with van der Waals surface area (Å²) in [6.45, 7) is 12.7. The van der Waals surface area contributed by atoms with Crippen LogP contribution in [0.15, 0.2) is 39.0 Å². The third-order valence-corrected chi connectivity index (χ3v) is 6.60. The summed E-state index contributed by atoms with van der Waals surface area (Å²) < 4.78 is 1.11. The Hall–Kier alpha value is -0.910. The van der Waals surface area contributed by atoms with Gasteiger partial charge in [-0.2, -0.15) is 0 Å². The quantitative estimate of drug-likeness (QED) is 0.734. The highest BCUT2D eigenvalue weighted by Crippen LogP contribution is 2.45. The van der Waals surface area contributed by atoms with Crippen LogP contribution in [0, 0.1) is 5.41 Å². The second kappa shape index (κ2) is 7.54. The van der Waals surface area contributed by atoms with Gasteiger partial charge in [-0.1, -0.05) is 41.4 Å². The summed E-state index contributed by atoms with van der Waals surface area (Å²) >= 11 is 3.77. The van der Waals surface area contributed by atoms with Gasteiger partial charge in [-0.15, -0.1) is 0 Å². The molecule has 0 saturated carbocycles. The summed E-state index contributed by atoms with van der Waals surface area (Å²) in [6, 6.07) is -0.0994. The van der Waals surface area contributed by atoms with Crippen molar-refractivity contribution < 1.29 is 4.84 Å². The smallest absolute Gasteiger partial charge is 0.142 e. The van der Waals surface area contributed by atoms with Gasteiger partial charge in [0.25, 0.3) is 0 Å². The van der Waals surface area contributed by atoms with E-state index in [2.05, 4.69) is 63.5 Å². The highest BCUT2D eigenvalue weighted by molar-refractivity contribution is 9.11. The van der Waals surface area contributed by atoms with E-state index in [0.29, 0.717) is 0 Å². The van der Waals surface area contributed by atoms with Gasteiger partial charge in [-0.05, 0) is 52.2 Å². The fourth-order valence-electron chi connectivity index (χ4n) is 3.38. The standard InChI is InChI=1S/C19H30BrN3O/c1-7-15(8-2)24-23-10-9-16(22-14(23)5)19(6)17(20)12(3)11-13(4)18(19)21/h9-11,14-15,18H,7-8,21H2,1-6H3. The van der Waals surface area contributed by atoms with Gasteiger partial charge >= 0.3 is 0 Å². The fourth-order valence-corrected chi connectivity index (χ4v) is 3.94. The predicted molar refractivity (Wildman–Crippen MR) is 105 cm³/mol. The molecule has 2 rings (SSSR count). The number of rotatable bonds is 5. The van der Waals surface area contributed by atoms with Gasteiger partial charge in [0.05, 0.1) is 17.2 Å². The van der Waals surface area contributed by atoms with Crippen LogP contribution in [0.3, 0.4) is 0 Å². The normalized spacial score (nSPS) is 30.8. The van der Waals surface area contributed by atoms with Crippen LogP contribution >= 0.6 is 15.9 Å². The number of hydrogen-bond donors (Lipinski definition) is 1. The number of allylic oxidation sites excluding steroid dienone is 3. The summed E-state index contributed by atoms with van der Waals surface area (Å²) in [5, 5.41) is 1.85. The Morgan fingerprint density at radius 3 is 2.54 bits per heavy atom. The lowest BCUT2D eigenvalue weighted by molar-refractivity contribution is -0.185. The summed E-state index contributed by atoms with van der Waals surface area (Å²) in [6.07, 6.45) is 8.31. The molecule has 1 heterocycles. The number of hydroxylamine groups is 2. The zero-order chi connectivity index (χ0) is 18.1. The van der Waals surface area contributed by atoms with Crippen molar-refractivity contribution in [3.05, 3.63) is 34.0 Å². The average molecular weight is 396 g/mol. The van der Waals surface area contributed by atoms with Gasteiger partial charge in [0.1, 0.15) is 6.17 Å². The number of nitrogens with two attached hydrogens (primary N) is 1. The van der Waals surface area contributed by atoms with Crippen molar-refractivity contribution in [3.8, 4) is 0 Å². The van der Waals surface area contributed by atoms with Gasteiger partial charge in [-0.25, -0.2) is 5.06 Å². The summed E-state index contributed by atoms with van der Waals surface area (Å²) in [7, 11) is 0. The SMILES string of the molecule is CCC(CC)ON1C=CC(C2(C)C(Br)=C(C)C=C(C)C2N)=NC1C. The minimum Gasteiger partial charge on any atom is -0.323 e. The molecule has 1 aliphatic carbocycles. The van der Waals surface area contributed by atoms with Crippen LogP contribution in [-0.2, 0) is 4.84 Å².